The Hall–Kier alpha value is -0.130. The van der Waals surface area contributed by atoms with Gasteiger partial charge < -0.3 is 4.90 Å². The minimum Gasteiger partial charge on any atom is -0.302 e. The lowest BCUT2D eigenvalue weighted by molar-refractivity contribution is 0.342. The summed E-state index contributed by atoms with van der Waals surface area (Å²) in [5.41, 5.74) is 1.27. The Kier molecular flexibility index (Phi) is 2.26. The van der Waals surface area contributed by atoms with E-state index in [9.17, 15) is 0 Å². The molecule has 1 unspecified atom stereocenters. The summed E-state index contributed by atoms with van der Waals surface area (Å²) in [4.78, 5) is 2.55. The largest absolute Gasteiger partial charge is 0.302 e. The van der Waals surface area contributed by atoms with Crippen molar-refractivity contribution in [1.82, 2.24) is 13.6 Å². The quantitative estimate of drug-likeness (QED) is 0.719. The Morgan fingerprint density at radius 3 is 3.00 bits per heavy atom. The molecule has 0 aliphatic carbocycles. The Morgan fingerprint density at radius 1 is 1.43 bits per heavy atom. The lowest BCUT2D eigenvalue weighted by Gasteiger charge is -2.20. The molecule has 2 bridgehead atoms. The molecule has 2 fully saturated rings. The summed E-state index contributed by atoms with van der Waals surface area (Å²) in [5, 5.41) is 1.16. The lowest BCUT2D eigenvalue weighted by Crippen LogP contribution is -2.22. The summed E-state index contributed by atoms with van der Waals surface area (Å²) < 4.78 is 8.81. The predicted octanol–water partition coefficient (Wildman–Crippen LogP) is 1.68. The molecule has 3 rings (SSSR count). The van der Waals surface area contributed by atoms with E-state index in [2.05, 4.69) is 19.9 Å². The second-order valence-electron chi connectivity index (χ2n) is 4.07. The van der Waals surface area contributed by atoms with Crippen molar-refractivity contribution in [2.45, 2.75) is 17.4 Å². The molecular formula is C9H13N3S2. The predicted molar refractivity (Wildman–Crippen MR) is 59.0 cm³/mol. The van der Waals surface area contributed by atoms with Crippen LogP contribution in [-0.4, -0.2) is 39.5 Å². The number of hydrogen-bond acceptors (Lipinski definition) is 5. The van der Waals surface area contributed by atoms with Crippen LogP contribution < -0.4 is 0 Å². The third kappa shape index (κ3) is 1.30. The first kappa shape index (κ1) is 9.12. The third-order valence-electron chi connectivity index (χ3n) is 3.36. The van der Waals surface area contributed by atoms with Gasteiger partial charge in [-0.2, -0.15) is 8.75 Å². The number of piperidine rings is 1. The van der Waals surface area contributed by atoms with E-state index >= 15 is 0 Å². The molecule has 1 aromatic heterocycles. The summed E-state index contributed by atoms with van der Waals surface area (Å²) in [7, 11) is 0. The summed E-state index contributed by atoms with van der Waals surface area (Å²) >= 11 is 3.10. The van der Waals surface area contributed by atoms with Gasteiger partial charge in [-0.1, -0.05) is 0 Å². The lowest BCUT2D eigenvalue weighted by atomic mass is 9.90. The highest BCUT2D eigenvalue weighted by Crippen LogP contribution is 2.41. The van der Waals surface area contributed by atoms with Gasteiger partial charge in [-0.05, 0) is 25.1 Å². The van der Waals surface area contributed by atoms with E-state index < -0.39 is 0 Å². The van der Waals surface area contributed by atoms with Crippen molar-refractivity contribution in [3.05, 3.63) is 5.69 Å². The second-order valence-corrected chi connectivity index (χ2v) is 5.40. The van der Waals surface area contributed by atoms with E-state index in [-0.39, 0.29) is 0 Å². The van der Waals surface area contributed by atoms with E-state index in [4.69, 9.17) is 0 Å². The van der Waals surface area contributed by atoms with Gasteiger partial charge in [-0.3, -0.25) is 0 Å². The van der Waals surface area contributed by atoms with Crippen LogP contribution in [0.25, 0.3) is 0 Å². The Morgan fingerprint density at radius 2 is 2.36 bits per heavy atom. The maximum Gasteiger partial charge on any atom is 0.133 e. The topological polar surface area (TPSA) is 29.0 Å². The fourth-order valence-electron chi connectivity index (χ4n) is 2.65. The molecule has 0 N–H and O–H groups in total. The smallest absolute Gasteiger partial charge is 0.133 e. The zero-order chi connectivity index (χ0) is 9.54. The molecule has 2 aliphatic rings. The van der Waals surface area contributed by atoms with Crippen LogP contribution in [0.5, 0.6) is 0 Å². The molecule has 0 spiro atoms. The van der Waals surface area contributed by atoms with Crippen LogP contribution in [0.4, 0.5) is 0 Å². The van der Waals surface area contributed by atoms with E-state index in [1.807, 2.05) is 0 Å². The highest BCUT2D eigenvalue weighted by Gasteiger charge is 2.40. The minimum absolute atomic E-state index is 0.671. The molecule has 0 radical (unpaired) electrons. The van der Waals surface area contributed by atoms with E-state index in [1.54, 1.807) is 11.8 Å². The van der Waals surface area contributed by atoms with Crippen molar-refractivity contribution in [2.75, 3.05) is 25.9 Å². The van der Waals surface area contributed by atoms with Gasteiger partial charge in [0.1, 0.15) is 5.03 Å². The summed E-state index contributed by atoms with van der Waals surface area (Å²) in [6.45, 7) is 3.80. The van der Waals surface area contributed by atoms with E-state index in [1.165, 1.54) is 43.5 Å². The number of thioether (sulfide) groups is 1. The summed E-state index contributed by atoms with van der Waals surface area (Å²) in [5.74, 6) is 1.52. The van der Waals surface area contributed by atoms with Crippen molar-refractivity contribution in [2.24, 2.45) is 5.92 Å². The number of rotatable bonds is 2. The third-order valence-corrected chi connectivity index (χ3v) is 4.70. The van der Waals surface area contributed by atoms with Crippen molar-refractivity contribution in [3.8, 4) is 0 Å². The number of nitrogens with zero attached hydrogens (tertiary/aromatic N) is 3. The average molecular weight is 227 g/mol. The highest BCUT2D eigenvalue weighted by molar-refractivity contribution is 7.98. The Labute approximate surface area is 92.2 Å². The van der Waals surface area contributed by atoms with Crippen LogP contribution in [0.15, 0.2) is 5.03 Å². The normalized spacial score (nSPS) is 35.4. The number of hydrogen-bond donors (Lipinski definition) is 0. The first-order chi connectivity index (χ1) is 6.88. The summed E-state index contributed by atoms with van der Waals surface area (Å²) in [6, 6.07) is 0. The molecule has 2 aliphatic heterocycles. The van der Waals surface area contributed by atoms with Crippen molar-refractivity contribution >= 4 is 23.5 Å². The monoisotopic (exact) mass is 227 g/mol. The van der Waals surface area contributed by atoms with Crippen molar-refractivity contribution in [3.63, 3.8) is 0 Å². The number of aromatic nitrogens is 2. The number of fused-ring (bicyclic) bond motifs is 2. The van der Waals surface area contributed by atoms with Gasteiger partial charge in [0.05, 0.1) is 17.4 Å². The molecule has 76 valence electrons. The van der Waals surface area contributed by atoms with Crippen LogP contribution in [0.2, 0.25) is 0 Å². The fourth-order valence-corrected chi connectivity index (χ4v) is 4.03. The van der Waals surface area contributed by atoms with Crippen molar-refractivity contribution < 1.29 is 0 Å². The zero-order valence-electron chi connectivity index (χ0n) is 8.14. The molecular weight excluding hydrogens is 214 g/mol. The molecule has 5 heteroatoms. The molecule has 0 aromatic carbocycles. The minimum atomic E-state index is 0.671. The molecule has 3 nitrogen and oxygen atoms in total. The molecule has 2 saturated heterocycles. The van der Waals surface area contributed by atoms with Crippen LogP contribution in [0.3, 0.4) is 0 Å². The molecule has 1 aromatic rings. The average Bonchev–Trinajstić information content (AvgIpc) is 2.92. The SMILES string of the molecule is CSc1nsnc1[C@H]1CN2CC[C@@H]1C2. The van der Waals surface area contributed by atoms with Crippen LogP contribution in [-0.2, 0) is 0 Å². The zero-order valence-corrected chi connectivity index (χ0v) is 9.77. The second kappa shape index (κ2) is 3.47. The van der Waals surface area contributed by atoms with Gasteiger partial charge >= 0.3 is 0 Å². The van der Waals surface area contributed by atoms with E-state index in [0.717, 1.165) is 10.9 Å². The first-order valence-electron chi connectivity index (χ1n) is 4.97. The molecule has 0 saturated carbocycles. The van der Waals surface area contributed by atoms with Gasteiger partial charge in [0, 0.05) is 19.0 Å². The first-order valence-corrected chi connectivity index (χ1v) is 6.93. The molecule has 0 amide bonds. The molecule has 14 heavy (non-hydrogen) atoms. The van der Waals surface area contributed by atoms with Crippen LogP contribution in [0, 0.1) is 5.92 Å². The summed E-state index contributed by atoms with van der Waals surface area (Å²) in [6.07, 6.45) is 3.45. The van der Waals surface area contributed by atoms with Crippen LogP contribution in [0.1, 0.15) is 18.0 Å². The van der Waals surface area contributed by atoms with E-state index in [0.29, 0.717) is 5.92 Å². The Balaban J connectivity index is 1.89. The van der Waals surface area contributed by atoms with Gasteiger partial charge in [-0.15, -0.1) is 11.8 Å². The van der Waals surface area contributed by atoms with Gasteiger partial charge in [-0.25, -0.2) is 0 Å². The molecule has 3 heterocycles. The fraction of sp³-hybridized carbons (Fsp3) is 0.778. The Bertz CT molecular complexity index is 339. The van der Waals surface area contributed by atoms with Crippen molar-refractivity contribution in [1.29, 1.82) is 0 Å². The maximum absolute atomic E-state index is 4.47. The standard InChI is InChI=1S/C9H13N3S2/c1-13-9-8(10-14-11-9)7-5-12-3-2-6(7)4-12/h6-7H,2-5H2,1H3/t6-,7+/m1/s1. The van der Waals surface area contributed by atoms with Gasteiger partial charge in [0.2, 0.25) is 0 Å². The van der Waals surface area contributed by atoms with Crippen LogP contribution >= 0.6 is 23.5 Å². The van der Waals surface area contributed by atoms with Gasteiger partial charge in [0.25, 0.3) is 0 Å². The van der Waals surface area contributed by atoms with Gasteiger partial charge in [0.15, 0.2) is 0 Å². The highest BCUT2D eigenvalue weighted by atomic mass is 32.2. The maximum atomic E-state index is 4.47. The molecule has 3 atom stereocenters.